The number of aromatic nitrogens is 1. The first-order valence-electron chi connectivity index (χ1n) is 7.43. The quantitative estimate of drug-likeness (QED) is 0.658. The van der Waals surface area contributed by atoms with Gasteiger partial charge < -0.3 is 4.74 Å². The fraction of sp³-hybridized carbons (Fsp3) is 0.333. The zero-order valence-corrected chi connectivity index (χ0v) is 13.6. The first-order valence-corrected chi connectivity index (χ1v) is 8.31. The molecule has 0 saturated carbocycles. The van der Waals surface area contributed by atoms with Gasteiger partial charge in [-0.1, -0.05) is 0 Å². The van der Waals surface area contributed by atoms with Crippen LogP contribution in [-0.4, -0.2) is 29.0 Å². The molecule has 0 aliphatic carbocycles. The van der Waals surface area contributed by atoms with E-state index in [2.05, 4.69) is 10.3 Å². The highest BCUT2D eigenvalue weighted by Crippen LogP contribution is 2.30. The van der Waals surface area contributed by atoms with Gasteiger partial charge in [-0.25, -0.2) is 9.37 Å². The Morgan fingerprint density at radius 1 is 1.32 bits per heavy atom. The van der Waals surface area contributed by atoms with Crippen molar-refractivity contribution in [2.45, 2.75) is 18.8 Å². The lowest BCUT2D eigenvalue weighted by molar-refractivity contribution is -0.387. The number of carbonyl (C=O) groups is 1. The molecule has 1 aromatic carbocycles. The topological polar surface area (TPSA) is 94.4 Å². The monoisotopic (exact) mass is 369 g/mol. The molecule has 1 N–H and O–H groups in total. The van der Waals surface area contributed by atoms with Crippen LogP contribution in [0.5, 0.6) is 0 Å². The van der Waals surface area contributed by atoms with Gasteiger partial charge >= 0.3 is 5.69 Å². The van der Waals surface area contributed by atoms with Crippen LogP contribution in [0.2, 0.25) is 0 Å². The van der Waals surface area contributed by atoms with Gasteiger partial charge in [-0.2, -0.15) is 4.39 Å². The molecule has 1 aliphatic heterocycles. The number of hydrogen-bond donors (Lipinski definition) is 1. The second-order valence-corrected chi connectivity index (χ2v) is 6.32. The minimum atomic E-state index is -1.28. The maximum atomic E-state index is 13.9. The molecule has 10 heteroatoms. The Balaban J connectivity index is 1.75. The third-order valence-corrected chi connectivity index (χ3v) is 4.64. The summed E-state index contributed by atoms with van der Waals surface area (Å²) in [4.78, 5) is 25.9. The van der Waals surface area contributed by atoms with E-state index in [0.717, 1.165) is 18.5 Å². The Hall–Kier alpha value is -2.46. The highest BCUT2D eigenvalue weighted by molar-refractivity contribution is 7.14. The first kappa shape index (κ1) is 17.4. The van der Waals surface area contributed by atoms with E-state index in [-0.39, 0.29) is 11.0 Å². The average molecular weight is 369 g/mol. The normalized spacial score (nSPS) is 15.1. The fourth-order valence-electron chi connectivity index (χ4n) is 2.54. The van der Waals surface area contributed by atoms with E-state index in [1.54, 1.807) is 5.38 Å². The van der Waals surface area contributed by atoms with Crippen molar-refractivity contribution in [3.8, 4) is 0 Å². The van der Waals surface area contributed by atoms with Gasteiger partial charge in [0.05, 0.1) is 22.2 Å². The molecule has 25 heavy (non-hydrogen) atoms. The molecule has 1 fully saturated rings. The summed E-state index contributed by atoms with van der Waals surface area (Å²) < 4.78 is 32.8. The van der Waals surface area contributed by atoms with E-state index in [1.165, 1.54) is 11.3 Å². The van der Waals surface area contributed by atoms with E-state index >= 15 is 0 Å². The molecule has 0 radical (unpaired) electrons. The Morgan fingerprint density at radius 2 is 2.04 bits per heavy atom. The molecule has 1 amide bonds. The number of ether oxygens (including phenoxy) is 1. The number of nitrogens with one attached hydrogen (secondary N) is 1. The number of amides is 1. The number of benzene rings is 1. The highest BCUT2D eigenvalue weighted by atomic mass is 32.1. The molecule has 2 aromatic rings. The van der Waals surface area contributed by atoms with Crippen LogP contribution in [0, 0.1) is 21.7 Å². The summed E-state index contributed by atoms with van der Waals surface area (Å²) >= 11 is 1.18. The van der Waals surface area contributed by atoms with Crippen LogP contribution in [0.15, 0.2) is 17.5 Å². The van der Waals surface area contributed by atoms with Crippen LogP contribution in [-0.2, 0) is 4.74 Å². The predicted molar refractivity (Wildman–Crippen MR) is 85.9 cm³/mol. The van der Waals surface area contributed by atoms with Gasteiger partial charge in [0.1, 0.15) is 5.82 Å². The van der Waals surface area contributed by atoms with Gasteiger partial charge in [0, 0.05) is 24.5 Å². The third-order valence-electron chi connectivity index (χ3n) is 3.86. The predicted octanol–water partition coefficient (Wildman–Crippen LogP) is 3.48. The second-order valence-electron chi connectivity index (χ2n) is 5.46. The van der Waals surface area contributed by atoms with Crippen LogP contribution >= 0.6 is 11.3 Å². The van der Waals surface area contributed by atoms with Crippen LogP contribution in [0.1, 0.15) is 34.8 Å². The number of thiazole rings is 1. The molecule has 0 spiro atoms. The van der Waals surface area contributed by atoms with Gasteiger partial charge in [0.2, 0.25) is 5.82 Å². The number of anilines is 1. The second kappa shape index (κ2) is 7.19. The zero-order chi connectivity index (χ0) is 18.0. The molecule has 3 rings (SSSR count). The Labute approximate surface area is 144 Å². The number of halogens is 2. The summed E-state index contributed by atoms with van der Waals surface area (Å²) in [5.41, 5.74) is -0.824. The molecule has 7 nitrogen and oxygen atoms in total. The number of nitro benzene ring substituents is 1. The maximum absolute atomic E-state index is 13.9. The van der Waals surface area contributed by atoms with Gasteiger partial charge in [-0.15, -0.1) is 11.3 Å². The van der Waals surface area contributed by atoms with Crippen molar-refractivity contribution < 1.29 is 23.2 Å². The zero-order valence-electron chi connectivity index (χ0n) is 12.8. The summed E-state index contributed by atoms with van der Waals surface area (Å²) in [6.07, 6.45) is 1.67. The summed E-state index contributed by atoms with van der Waals surface area (Å²) in [6.45, 7) is 1.30. The van der Waals surface area contributed by atoms with Crippen molar-refractivity contribution in [3.05, 3.63) is 50.5 Å². The Kier molecular flexibility index (Phi) is 5.00. The number of nitro groups is 1. The van der Waals surface area contributed by atoms with E-state index < -0.39 is 33.7 Å². The lowest BCUT2D eigenvalue weighted by Gasteiger charge is -2.19. The molecule has 1 aromatic heterocycles. The van der Waals surface area contributed by atoms with E-state index in [9.17, 15) is 23.7 Å². The number of carbonyl (C=O) groups excluding carboxylic acids is 1. The molecule has 2 heterocycles. The van der Waals surface area contributed by atoms with Crippen molar-refractivity contribution >= 4 is 28.1 Å². The van der Waals surface area contributed by atoms with E-state index in [0.29, 0.717) is 25.3 Å². The first-order chi connectivity index (χ1) is 12.0. The van der Waals surface area contributed by atoms with Crippen molar-refractivity contribution in [2.75, 3.05) is 18.5 Å². The molecule has 1 saturated heterocycles. The molecule has 0 unspecified atom stereocenters. The lowest BCUT2D eigenvalue weighted by atomic mass is 9.98. The molecule has 0 atom stereocenters. The van der Waals surface area contributed by atoms with Gasteiger partial charge in [-0.3, -0.25) is 20.2 Å². The van der Waals surface area contributed by atoms with Crippen LogP contribution in [0.3, 0.4) is 0 Å². The number of hydrogen-bond acceptors (Lipinski definition) is 6. The number of nitrogens with zero attached hydrogens (tertiary/aromatic N) is 2. The van der Waals surface area contributed by atoms with Crippen molar-refractivity contribution in [1.82, 2.24) is 4.98 Å². The van der Waals surface area contributed by atoms with Crippen LogP contribution < -0.4 is 5.32 Å². The van der Waals surface area contributed by atoms with Crippen LogP contribution in [0.25, 0.3) is 0 Å². The third kappa shape index (κ3) is 3.80. The summed E-state index contributed by atoms with van der Waals surface area (Å²) in [5.74, 6) is -3.13. The fourth-order valence-corrected chi connectivity index (χ4v) is 3.33. The van der Waals surface area contributed by atoms with Gasteiger partial charge in [-0.05, 0) is 18.9 Å². The van der Waals surface area contributed by atoms with Crippen molar-refractivity contribution in [1.29, 1.82) is 0 Å². The molecule has 1 aliphatic rings. The summed E-state index contributed by atoms with van der Waals surface area (Å²) in [5, 5.41) is 15.0. The molecule has 0 bridgehead atoms. The van der Waals surface area contributed by atoms with Crippen molar-refractivity contribution in [3.63, 3.8) is 0 Å². The summed E-state index contributed by atoms with van der Waals surface area (Å²) in [7, 11) is 0. The Morgan fingerprint density at radius 3 is 2.72 bits per heavy atom. The lowest BCUT2D eigenvalue weighted by Crippen LogP contribution is -2.16. The number of rotatable bonds is 4. The molecular formula is C15H13F2N3O4S. The largest absolute Gasteiger partial charge is 0.381 e. The standard InChI is InChI=1S/C15H13F2N3O4S/c16-10-6-13(20(22)23)11(17)5-9(10)14(21)19-15-18-12(7-25-15)8-1-3-24-4-2-8/h5-8H,1-4H2,(H,18,19,21). The van der Waals surface area contributed by atoms with E-state index in [1.807, 2.05) is 0 Å². The minimum Gasteiger partial charge on any atom is -0.381 e. The SMILES string of the molecule is O=C(Nc1nc(C2CCOCC2)cs1)c1cc(F)c([N+](=O)[O-])cc1F. The smallest absolute Gasteiger partial charge is 0.307 e. The maximum Gasteiger partial charge on any atom is 0.307 e. The van der Waals surface area contributed by atoms with Gasteiger partial charge in [0.15, 0.2) is 5.13 Å². The van der Waals surface area contributed by atoms with Gasteiger partial charge in [0.25, 0.3) is 5.91 Å². The summed E-state index contributed by atoms with van der Waals surface area (Å²) in [6, 6.07) is 0.898. The minimum absolute atomic E-state index is 0.240. The van der Waals surface area contributed by atoms with Crippen molar-refractivity contribution in [2.24, 2.45) is 0 Å². The van der Waals surface area contributed by atoms with E-state index in [4.69, 9.17) is 4.74 Å². The average Bonchev–Trinajstić information content (AvgIpc) is 3.05. The van der Waals surface area contributed by atoms with Crippen LogP contribution in [0.4, 0.5) is 19.6 Å². The molecule has 132 valence electrons. The highest BCUT2D eigenvalue weighted by Gasteiger charge is 2.23. The Bertz CT molecular complexity index is 821. The molecular weight excluding hydrogens is 356 g/mol.